The number of carbonyl (C=O) groups excluding carboxylic acids is 1. The summed E-state index contributed by atoms with van der Waals surface area (Å²) in [6, 6.07) is 12.5. The van der Waals surface area contributed by atoms with Gasteiger partial charge < -0.3 is 19.3 Å². The predicted molar refractivity (Wildman–Crippen MR) is 122 cm³/mol. The van der Waals surface area contributed by atoms with Crippen LogP contribution >= 0.6 is 0 Å². The summed E-state index contributed by atoms with van der Waals surface area (Å²) in [5.74, 6) is 1.86. The van der Waals surface area contributed by atoms with E-state index in [1.165, 1.54) is 6.07 Å². The van der Waals surface area contributed by atoms with Crippen LogP contribution in [0.3, 0.4) is 0 Å². The van der Waals surface area contributed by atoms with E-state index in [2.05, 4.69) is 4.90 Å². The molecule has 0 aromatic heterocycles. The van der Waals surface area contributed by atoms with Gasteiger partial charge in [-0.1, -0.05) is 18.2 Å². The normalized spacial score (nSPS) is 22.7. The molecule has 2 aliphatic heterocycles. The lowest BCUT2D eigenvalue weighted by Gasteiger charge is -2.32. The summed E-state index contributed by atoms with van der Waals surface area (Å²) < 4.78 is 25.4. The van der Waals surface area contributed by atoms with Crippen LogP contribution in [0.15, 0.2) is 42.5 Å². The molecule has 0 unspecified atom stereocenters. The van der Waals surface area contributed by atoms with Gasteiger partial charge in [0.1, 0.15) is 12.4 Å². The highest BCUT2D eigenvalue weighted by molar-refractivity contribution is 5.75. The van der Waals surface area contributed by atoms with E-state index in [0.29, 0.717) is 19.1 Å². The third-order valence-corrected chi connectivity index (χ3v) is 6.54. The number of carbonyl (C=O) groups is 1. The number of hydrogen-bond acceptors (Lipinski definition) is 4. The Morgan fingerprint density at radius 2 is 1.94 bits per heavy atom. The van der Waals surface area contributed by atoms with Gasteiger partial charge in [0.25, 0.3) is 0 Å². The summed E-state index contributed by atoms with van der Waals surface area (Å²) in [6.45, 7) is 5.82. The monoisotopic (exact) mass is 441 g/mol. The maximum atomic E-state index is 14.0. The molecule has 32 heavy (non-hydrogen) atoms. The molecule has 2 fully saturated rings. The molecule has 6 nitrogen and oxygen atoms in total. The highest BCUT2D eigenvalue weighted by Gasteiger charge is 2.49. The van der Waals surface area contributed by atoms with E-state index < -0.39 is 0 Å². The number of amides is 2. The number of aryl methyl sites for hydroxylation is 1. The second kappa shape index (κ2) is 9.36. The minimum atomic E-state index is -0.265. The number of likely N-dealkylation sites (tertiary alicyclic amines) is 2. The van der Waals surface area contributed by atoms with Crippen molar-refractivity contribution in [3.05, 3.63) is 59.4 Å². The minimum Gasteiger partial charge on any atom is -0.493 e. The van der Waals surface area contributed by atoms with Gasteiger partial charge in [0.2, 0.25) is 0 Å². The number of urea groups is 1. The predicted octanol–water partition coefficient (Wildman–Crippen LogP) is 3.81. The third-order valence-electron chi connectivity index (χ3n) is 6.54. The van der Waals surface area contributed by atoms with Crippen molar-refractivity contribution in [3.63, 3.8) is 0 Å². The first kappa shape index (κ1) is 22.4. The molecule has 2 amide bonds. The maximum absolute atomic E-state index is 14.0. The van der Waals surface area contributed by atoms with Crippen molar-refractivity contribution in [1.82, 2.24) is 14.7 Å². The standard InChI is InChI=1S/C25H32FN3O3/c1-17-8-9-22(23(12-17)31-4)32-11-10-28-14-19-15-29(25(30)27(2)3)24(21(19)16-28)18-6-5-7-20(26)13-18/h5-9,12-13,19,21,24H,10-11,14-16H2,1-4H3/t19-,21-,24-/m1/s1. The fourth-order valence-electron chi connectivity index (χ4n) is 5.07. The number of ether oxygens (including phenoxy) is 2. The average Bonchev–Trinajstić information content (AvgIpc) is 3.31. The largest absolute Gasteiger partial charge is 0.493 e. The Balaban J connectivity index is 1.43. The zero-order valence-electron chi connectivity index (χ0n) is 19.3. The van der Waals surface area contributed by atoms with Gasteiger partial charge in [-0.25, -0.2) is 9.18 Å². The molecule has 2 aliphatic rings. The van der Waals surface area contributed by atoms with Gasteiger partial charge in [0, 0.05) is 46.2 Å². The Kier molecular flexibility index (Phi) is 6.55. The Morgan fingerprint density at radius 3 is 2.66 bits per heavy atom. The topological polar surface area (TPSA) is 45.3 Å². The molecular weight excluding hydrogens is 409 g/mol. The molecule has 2 saturated heterocycles. The first-order valence-electron chi connectivity index (χ1n) is 11.1. The smallest absolute Gasteiger partial charge is 0.320 e. The number of methoxy groups -OCH3 is 1. The first-order valence-corrected chi connectivity index (χ1v) is 11.1. The highest BCUT2D eigenvalue weighted by atomic mass is 19.1. The summed E-state index contributed by atoms with van der Waals surface area (Å²) >= 11 is 0. The lowest BCUT2D eigenvalue weighted by atomic mass is 9.89. The highest BCUT2D eigenvalue weighted by Crippen LogP contribution is 2.45. The van der Waals surface area contributed by atoms with E-state index in [1.807, 2.05) is 36.1 Å². The zero-order valence-corrected chi connectivity index (χ0v) is 19.3. The van der Waals surface area contributed by atoms with Gasteiger partial charge in [0.15, 0.2) is 11.5 Å². The molecule has 0 N–H and O–H groups in total. The van der Waals surface area contributed by atoms with Crippen LogP contribution in [-0.2, 0) is 0 Å². The van der Waals surface area contributed by atoms with Gasteiger partial charge in [-0.05, 0) is 48.2 Å². The van der Waals surface area contributed by atoms with E-state index in [0.717, 1.165) is 42.3 Å². The third kappa shape index (κ3) is 4.53. The van der Waals surface area contributed by atoms with Crippen LogP contribution in [0.1, 0.15) is 17.2 Å². The summed E-state index contributed by atoms with van der Waals surface area (Å²) in [4.78, 5) is 18.8. The van der Waals surface area contributed by atoms with Crippen LogP contribution in [-0.4, -0.2) is 74.7 Å². The van der Waals surface area contributed by atoms with Crippen molar-refractivity contribution in [2.75, 3.05) is 54.0 Å². The molecule has 2 aromatic rings. The van der Waals surface area contributed by atoms with Gasteiger partial charge in [-0.15, -0.1) is 0 Å². The SMILES string of the molecule is COc1cc(C)ccc1OCCN1C[C@@H]2CN(C(=O)N(C)C)[C@H](c3cccc(F)c3)[C@@H]2C1. The van der Waals surface area contributed by atoms with Gasteiger partial charge >= 0.3 is 6.03 Å². The second-order valence-corrected chi connectivity index (χ2v) is 9.02. The van der Waals surface area contributed by atoms with Crippen LogP contribution in [0.2, 0.25) is 0 Å². The molecule has 2 aromatic carbocycles. The molecule has 0 aliphatic carbocycles. The summed E-state index contributed by atoms with van der Waals surface area (Å²) in [6.07, 6.45) is 0. The number of benzene rings is 2. The van der Waals surface area contributed by atoms with Crippen LogP contribution in [0.25, 0.3) is 0 Å². The Labute approximate surface area is 189 Å². The lowest BCUT2D eigenvalue weighted by molar-refractivity contribution is 0.149. The Morgan fingerprint density at radius 1 is 1.12 bits per heavy atom. The molecule has 0 spiro atoms. The minimum absolute atomic E-state index is 0.0185. The number of halogens is 1. The van der Waals surface area contributed by atoms with Crippen LogP contribution < -0.4 is 9.47 Å². The van der Waals surface area contributed by atoms with Gasteiger partial charge in [0.05, 0.1) is 13.2 Å². The van der Waals surface area contributed by atoms with Crippen LogP contribution in [0.4, 0.5) is 9.18 Å². The number of nitrogens with zero attached hydrogens (tertiary/aromatic N) is 3. The number of rotatable bonds is 6. The van der Waals surface area contributed by atoms with E-state index in [4.69, 9.17) is 9.47 Å². The van der Waals surface area contributed by atoms with Crippen molar-refractivity contribution in [3.8, 4) is 11.5 Å². The van der Waals surface area contributed by atoms with Crippen LogP contribution in [0, 0.1) is 24.6 Å². The van der Waals surface area contributed by atoms with Crippen LogP contribution in [0.5, 0.6) is 11.5 Å². The molecule has 0 bridgehead atoms. The van der Waals surface area contributed by atoms with Crippen molar-refractivity contribution in [2.24, 2.45) is 11.8 Å². The molecule has 3 atom stereocenters. The number of hydrogen-bond donors (Lipinski definition) is 0. The summed E-state index contributed by atoms with van der Waals surface area (Å²) in [7, 11) is 5.18. The van der Waals surface area contributed by atoms with Crippen molar-refractivity contribution < 1.29 is 18.7 Å². The van der Waals surface area contributed by atoms with E-state index in [9.17, 15) is 9.18 Å². The Hall–Kier alpha value is -2.80. The quantitative estimate of drug-likeness (QED) is 0.684. The molecule has 7 heteroatoms. The van der Waals surface area contributed by atoms with E-state index in [-0.39, 0.29) is 23.8 Å². The average molecular weight is 442 g/mol. The summed E-state index contributed by atoms with van der Waals surface area (Å²) in [5.41, 5.74) is 2.00. The van der Waals surface area contributed by atoms with Crippen molar-refractivity contribution in [2.45, 2.75) is 13.0 Å². The van der Waals surface area contributed by atoms with Gasteiger partial charge in [-0.3, -0.25) is 4.90 Å². The number of fused-ring (bicyclic) bond motifs is 1. The zero-order chi connectivity index (χ0) is 22.8. The first-order chi connectivity index (χ1) is 15.4. The van der Waals surface area contributed by atoms with E-state index >= 15 is 0 Å². The fraction of sp³-hybridized carbons (Fsp3) is 0.480. The lowest BCUT2D eigenvalue weighted by Crippen LogP contribution is -2.41. The molecule has 2 heterocycles. The fourth-order valence-corrected chi connectivity index (χ4v) is 5.07. The Bertz CT molecular complexity index is 967. The van der Waals surface area contributed by atoms with E-state index in [1.54, 1.807) is 38.2 Å². The molecule has 4 rings (SSSR count). The molecule has 172 valence electrons. The summed E-state index contributed by atoms with van der Waals surface area (Å²) in [5, 5.41) is 0. The maximum Gasteiger partial charge on any atom is 0.320 e. The molecular formula is C25H32FN3O3. The van der Waals surface area contributed by atoms with Gasteiger partial charge in [-0.2, -0.15) is 0 Å². The van der Waals surface area contributed by atoms with Crippen molar-refractivity contribution in [1.29, 1.82) is 0 Å². The second-order valence-electron chi connectivity index (χ2n) is 9.02. The molecule has 0 radical (unpaired) electrons. The molecule has 0 saturated carbocycles. The van der Waals surface area contributed by atoms with Crippen molar-refractivity contribution >= 4 is 6.03 Å².